The van der Waals surface area contributed by atoms with Crippen molar-refractivity contribution in [1.82, 2.24) is 19.8 Å². The summed E-state index contributed by atoms with van der Waals surface area (Å²) in [5.41, 5.74) is 1.36. The lowest BCUT2D eigenvalue weighted by molar-refractivity contribution is -0.122. The summed E-state index contributed by atoms with van der Waals surface area (Å²) in [4.78, 5) is 42.6. The van der Waals surface area contributed by atoms with E-state index in [1.54, 1.807) is 17.9 Å². The number of carbonyl (C=O) groups is 2. The van der Waals surface area contributed by atoms with Crippen LogP contribution in [0.1, 0.15) is 25.3 Å². The van der Waals surface area contributed by atoms with Crippen LogP contribution in [0.25, 0.3) is 10.9 Å². The largest absolute Gasteiger partial charge is 0.450 e. The van der Waals surface area contributed by atoms with Gasteiger partial charge in [-0.25, -0.2) is 9.78 Å². The zero-order valence-electron chi connectivity index (χ0n) is 15.6. The molecule has 2 aromatic rings. The van der Waals surface area contributed by atoms with Gasteiger partial charge in [0, 0.05) is 19.1 Å². The van der Waals surface area contributed by atoms with Gasteiger partial charge in [0.2, 0.25) is 5.91 Å². The third kappa shape index (κ3) is 4.27. The van der Waals surface area contributed by atoms with E-state index in [4.69, 9.17) is 4.74 Å². The van der Waals surface area contributed by atoms with Crippen LogP contribution in [0, 0.1) is 6.92 Å². The number of nitrogens with one attached hydrogen (secondary N) is 1. The molecule has 1 aromatic heterocycles. The number of carbonyl (C=O) groups excluding carboxylic acids is 2. The van der Waals surface area contributed by atoms with Crippen molar-refractivity contribution in [3.63, 3.8) is 0 Å². The van der Waals surface area contributed by atoms with Crippen LogP contribution >= 0.6 is 0 Å². The number of nitrogens with zero attached hydrogens (tertiary/aromatic N) is 3. The van der Waals surface area contributed by atoms with Crippen LogP contribution in [-0.4, -0.2) is 52.2 Å². The van der Waals surface area contributed by atoms with E-state index in [1.807, 2.05) is 19.1 Å². The molecular weight excluding hydrogens is 348 g/mol. The number of benzene rings is 1. The number of fused-ring (bicyclic) bond motifs is 1. The smallest absolute Gasteiger partial charge is 0.409 e. The van der Waals surface area contributed by atoms with Crippen molar-refractivity contribution < 1.29 is 14.3 Å². The van der Waals surface area contributed by atoms with Gasteiger partial charge in [0.25, 0.3) is 5.56 Å². The molecule has 1 fully saturated rings. The van der Waals surface area contributed by atoms with Crippen molar-refractivity contribution >= 4 is 22.9 Å². The van der Waals surface area contributed by atoms with Gasteiger partial charge in [-0.1, -0.05) is 12.1 Å². The van der Waals surface area contributed by atoms with E-state index in [9.17, 15) is 14.4 Å². The predicted octanol–water partition coefficient (Wildman–Crippen LogP) is 1.44. The minimum atomic E-state index is -0.314. The second-order valence-corrected chi connectivity index (χ2v) is 6.68. The molecule has 1 aliphatic rings. The topological polar surface area (TPSA) is 93.5 Å². The molecule has 0 spiro atoms. The Morgan fingerprint density at radius 1 is 1.30 bits per heavy atom. The van der Waals surface area contributed by atoms with E-state index in [0.29, 0.717) is 43.4 Å². The van der Waals surface area contributed by atoms with Gasteiger partial charge in [-0.3, -0.25) is 14.2 Å². The zero-order valence-corrected chi connectivity index (χ0v) is 15.6. The molecule has 0 atom stereocenters. The Kier molecular flexibility index (Phi) is 5.73. The highest BCUT2D eigenvalue weighted by atomic mass is 16.6. The molecule has 1 N–H and O–H groups in total. The van der Waals surface area contributed by atoms with Crippen molar-refractivity contribution in [3.05, 3.63) is 40.4 Å². The summed E-state index contributed by atoms with van der Waals surface area (Å²) in [6.45, 7) is 5.03. The van der Waals surface area contributed by atoms with E-state index >= 15 is 0 Å². The monoisotopic (exact) mass is 372 g/mol. The highest BCUT2D eigenvalue weighted by molar-refractivity contribution is 5.81. The fourth-order valence-corrected chi connectivity index (χ4v) is 3.30. The second kappa shape index (κ2) is 8.20. The third-order valence-electron chi connectivity index (χ3n) is 4.76. The number of aryl methyl sites for hydroxylation is 1. The fraction of sp³-hybridized carbons (Fsp3) is 0.474. The first-order valence-electron chi connectivity index (χ1n) is 9.15. The molecule has 0 bridgehead atoms. The summed E-state index contributed by atoms with van der Waals surface area (Å²) in [5.74, 6) is -0.236. The van der Waals surface area contributed by atoms with Gasteiger partial charge in [-0.15, -0.1) is 0 Å². The molecule has 8 nitrogen and oxygen atoms in total. The Labute approximate surface area is 157 Å². The Hall–Kier alpha value is -2.90. The number of piperidine rings is 1. The molecule has 27 heavy (non-hydrogen) atoms. The summed E-state index contributed by atoms with van der Waals surface area (Å²) < 4.78 is 6.31. The van der Waals surface area contributed by atoms with Crippen LogP contribution in [0.4, 0.5) is 4.79 Å². The Bertz CT molecular complexity index is 900. The van der Waals surface area contributed by atoms with Crippen LogP contribution in [0.15, 0.2) is 29.3 Å². The van der Waals surface area contributed by atoms with Crippen molar-refractivity contribution in [3.8, 4) is 0 Å². The number of ether oxygens (including phenoxy) is 1. The minimum Gasteiger partial charge on any atom is -0.450 e. The van der Waals surface area contributed by atoms with E-state index in [1.165, 1.54) is 10.9 Å². The number of para-hydroxylation sites is 1. The number of hydrogen-bond donors (Lipinski definition) is 1. The standard InChI is InChI=1S/C19H24N4O4/c1-3-27-19(26)22-9-7-14(8-10-22)21-16(24)11-23-12-20-17-13(2)5-4-6-15(17)18(23)25/h4-6,12,14H,3,7-11H2,1-2H3,(H,21,24). The first-order chi connectivity index (χ1) is 13.0. The van der Waals surface area contributed by atoms with Crippen LogP contribution < -0.4 is 10.9 Å². The van der Waals surface area contributed by atoms with Crippen LogP contribution in [0.3, 0.4) is 0 Å². The molecular formula is C19H24N4O4. The molecule has 1 saturated heterocycles. The molecule has 8 heteroatoms. The van der Waals surface area contributed by atoms with E-state index in [0.717, 1.165) is 5.56 Å². The minimum absolute atomic E-state index is 0.0189. The zero-order chi connectivity index (χ0) is 19.4. The van der Waals surface area contributed by atoms with E-state index < -0.39 is 0 Å². The maximum atomic E-state index is 12.6. The van der Waals surface area contributed by atoms with E-state index in [2.05, 4.69) is 10.3 Å². The SMILES string of the molecule is CCOC(=O)N1CCC(NC(=O)Cn2cnc3c(C)cccc3c2=O)CC1. The summed E-state index contributed by atoms with van der Waals surface area (Å²) >= 11 is 0. The highest BCUT2D eigenvalue weighted by Crippen LogP contribution is 2.12. The Balaban J connectivity index is 1.59. The number of amides is 2. The molecule has 0 radical (unpaired) electrons. The van der Waals surface area contributed by atoms with Crippen LogP contribution in [0.5, 0.6) is 0 Å². The molecule has 3 rings (SSSR count). The van der Waals surface area contributed by atoms with Gasteiger partial charge >= 0.3 is 6.09 Å². The highest BCUT2D eigenvalue weighted by Gasteiger charge is 2.24. The number of aromatic nitrogens is 2. The summed E-state index contributed by atoms with van der Waals surface area (Å²) in [6.07, 6.45) is 2.43. The molecule has 0 saturated carbocycles. The molecule has 1 aliphatic heterocycles. The van der Waals surface area contributed by atoms with Gasteiger partial charge in [0.1, 0.15) is 6.54 Å². The third-order valence-corrected chi connectivity index (χ3v) is 4.76. The lowest BCUT2D eigenvalue weighted by Crippen LogP contribution is -2.47. The van der Waals surface area contributed by atoms with E-state index in [-0.39, 0.29) is 30.1 Å². The molecule has 2 amide bonds. The Morgan fingerprint density at radius 3 is 2.74 bits per heavy atom. The van der Waals surface area contributed by atoms with Gasteiger partial charge in [0.15, 0.2) is 0 Å². The molecule has 0 unspecified atom stereocenters. The average molecular weight is 372 g/mol. The molecule has 0 aliphatic carbocycles. The lowest BCUT2D eigenvalue weighted by Gasteiger charge is -2.31. The Morgan fingerprint density at radius 2 is 2.04 bits per heavy atom. The number of likely N-dealkylation sites (tertiary alicyclic amines) is 1. The summed E-state index contributed by atoms with van der Waals surface area (Å²) in [5, 5.41) is 3.45. The van der Waals surface area contributed by atoms with Crippen LogP contribution in [0.2, 0.25) is 0 Å². The van der Waals surface area contributed by atoms with Crippen molar-refractivity contribution in [2.45, 2.75) is 39.3 Å². The van der Waals surface area contributed by atoms with Crippen molar-refractivity contribution in [1.29, 1.82) is 0 Å². The van der Waals surface area contributed by atoms with Crippen molar-refractivity contribution in [2.24, 2.45) is 0 Å². The van der Waals surface area contributed by atoms with Gasteiger partial charge < -0.3 is 15.0 Å². The predicted molar refractivity (Wildman–Crippen MR) is 100 cm³/mol. The molecule has 1 aromatic carbocycles. The first kappa shape index (κ1) is 18.9. The fourth-order valence-electron chi connectivity index (χ4n) is 3.30. The molecule has 144 valence electrons. The summed E-state index contributed by atoms with van der Waals surface area (Å²) in [7, 11) is 0. The van der Waals surface area contributed by atoms with Crippen molar-refractivity contribution in [2.75, 3.05) is 19.7 Å². The molecule has 2 heterocycles. The van der Waals surface area contributed by atoms with Gasteiger partial charge in [-0.05, 0) is 38.3 Å². The number of hydrogen-bond acceptors (Lipinski definition) is 5. The maximum Gasteiger partial charge on any atom is 0.409 e. The van der Waals surface area contributed by atoms with Gasteiger partial charge in [0.05, 0.1) is 23.8 Å². The van der Waals surface area contributed by atoms with Crippen LogP contribution in [-0.2, 0) is 16.1 Å². The second-order valence-electron chi connectivity index (χ2n) is 6.68. The van der Waals surface area contributed by atoms with Gasteiger partial charge in [-0.2, -0.15) is 0 Å². The number of rotatable bonds is 4. The first-order valence-corrected chi connectivity index (χ1v) is 9.15. The summed E-state index contributed by atoms with van der Waals surface area (Å²) in [6, 6.07) is 5.41. The normalized spacial score (nSPS) is 15.0. The maximum absolute atomic E-state index is 12.6. The lowest BCUT2D eigenvalue weighted by atomic mass is 10.1. The quantitative estimate of drug-likeness (QED) is 0.877. The average Bonchev–Trinajstić information content (AvgIpc) is 2.65.